The first kappa shape index (κ1) is 9.73. The average molecular weight is 175 g/mol. The molecule has 0 N–H and O–H groups in total. The smallest absolute Gasteiger partial charge is 0.221 e. The molecule has 10 heavy (non-hydrogen) atoms. The third kappa shape index (κ3) is 3.70. The predicted molar refractivity (Wildman–Crippen MR) is 46.9 cm³/mol. The minimum absolute atomic E-state index is 0.409. The number of hydrogen-bond donors (Lipinski definition) is 0. The van der Waals surface area contributed by atoms with Crippen LogP contribution in [-0.2, 0) is 4.74 Å². The van der Waals surface area contributed by atoms with Crippen LogP contribution in [0.2, 0.25) is 0 Å². The topological polar surface area (TPSA) is 33.0 Å². The van der Waals surface area contributed by atoms with Gasteiger partial charge in [0.25, 0.3) is 0 Å². The maximum atomic E-state index is 8.55. The molecule has 0 aliphatic carbocycles. The molecule has 0 radical (unpaired) electrons. The molecule has 56 valence electrons. The van der Waals surface area contributed by atoms with Crippen LogP contribution in [-0.4, -0.2) is 16.2 Å². The fourth-order valence-electron chi connectivity index (χ4n) is 0.273. The van der Waals surface area contributed by atoms with E-state index in [0.717, 1.165) is 0 Å². The normalized spacial score (nSPS) is 10.2. The van der Waals surface area contributed by atoms with Crippen LogP contribution < -0.4 is 0 Å². The van der Waals surface area contributed by atoms with E-state index in [1.807, 2.05) is 0 Å². The number of rotatable bonds is 1. The summed E-state index contributed by atoms with van der Waals surface area (Å²) in [6.45, 7) is 3.59. The second-order valence-corrected chi connectivity index (χ2v) is 4.40. The molecule has 0 amide bonds. The zero-order chi connectivity index (χ0) is 8.20. The van der Waals surface area contributed by atoms with Gasteiger partial charge in [-0.05, 0) is 26.1 Å². The van der Waals surface area contributed by atoms with E-state index < -0.39 is 4.75 Å². The molecular formula is C6H9NOS2. The first-order valence-corrected chi connectivity index (χ1v) is 3.92. The van der Waals surface area contributed by atoms with Gasteiger partial charge >= 0.3 is 0 Å². The van der Waals surface area contributed by atoms with Gasteiger partial charge < -0.3 is 4.74 Å². The Hall–Kier alpha value is -0.270. The standard InChI is InChI=1S/C6H9NOS2/c1-6(2,4-7)10-5(9)8-3/h1-3H3. The lowest BCUT2D eigenvalue weighted by Crippen LogP contribution is -2.14. The predicted octanol–water partition coefficient (Wildman–Crippen LogP) is 1.95. The lowest BCUT2D eigenvalue weighted by Gasteiger charge is -2.12. The van der Waals surface area contributed by atoms with Crippen LogP contribution in [0.3, 0.4) is 0 Å². The molecule has 0 atom stereocenters. The molecule has 0 saturated heterocycles. The molecule has 2 nitrogen and oxygen atoms in total. The number of ether oxygens (including phenoxy) is 1. The van der Waals surface area contributed by atoms with Crippen LogP contribution in [0.1, 0.15) is 13.8 Å². The summed E-state index contributed by atoms with van der Waals surface area (Å²) in [6, 6.07) is 2.10. The third-order valence-corrected chi connectivity index (χ3v) is 2.13. The van der Waals surface area contributed by atoms with Crippen molar-refractivity contribution in [3.63, 3.8) is 0 Å². The molecule has 0 aliphatic rings. The van der Waals surface area contributed by atoms with Crippen molar-refractivity contribution in [1.82, 2.24) is 0 Å². The van der Waals surface area contributed by atoms with E-state index in [2.05, 4.69) is 6.07 Å². The average Bonchev–Trinajstić information content (AvgIpc) is 1.87. The van der Waals surface area contributed by atoms with Crippen molar-refractivity contribution < 1.29 is 4.74 Å². The van der Waals surface area contributed by atoms with Gasteiger partial charge in [0, 0.05) is 0 Å². The number of nitriles is 1. The van der Waals surface area contributed by atoms with Crippen molar-refractivity contribution >= 4 is 28.4 Å². The fraction of sp³-hybridized carbons (Fsp3) is 0.667. The molecule has 4 heteroatoms. The largest absolute Gasteiger partial charge is 0.482 e. The Morgan fingerprint density at radius 2 is 2.20 bits per heavy atom. The summed E-state index contributed by atoms with van der Waals surface area (Å²) >= 11 is 6.01. The Morgan fingerprint density at radius 1 is 1.70 bits per heavy atom. The van der Waals surface area contributed by atoms with Gasteiger partial charge in [0.05, 0.1) is 13.2 Å². The summed E-state index contributed by atoms with van der Waals surface area (Å²) in [4.78, 5) is 0. The highest BCUT2D eigenvalue weighted by atomic mass is 32.2. The molecule has 0 bridgehead atoms. The lowest BCUT2D eigenvalue weighted by atomic mass is 10.2. The van der Waals surface area contributed by atoms with Gasteiger partial charge in [-0.25, -0.2) is 0 Å². The summed E-state index contributed by atoms with van der Waals surface area (Å²) < 4.78 is 4.66. The zero-order valence-corrected chi connectivity index (χ0v) is 7.80. The second kappa shape index (κ2) is 3.79. The van der Waals surface area contributed by atoms with E-state index in [9.17, 15) is 0 Å². The number of thioether (sulfide) groups is 1. The minimum atomic E-state index is -0.479. The van der Waals surface area contributed by atoms with Crippen LogP contribution in [0.4, 0.5) is 0 Å². The quantitative estimate of drug-likeness (QED) is 0.570. The van der Waals surface area contributed by atoms with E-state index in [1.165, 1.54) is 18.9 Å². The van der Waals surface area contributed by atoms with Crippen LogP contribution >= 0.6 is 24.0 Å². The van der Waals surface area contributed by atoms with Gasteiger partial charge in [0.15, 0.2) is 0 Å². The maximum Gasteiger partial charge on any atom is 0.221 e. The highest BCUT2D eigenvalue weighted by Gasteiger charge is 2.19. The molecule has 0 spiro atoms. The van der Waals surface area contributed by atoms with E-state index in [1.54, 1.807) is 13.8 Å². The summed E-state index contributed by atoms with van der Waals surface area (Å²) in [5.41, 5.74) is 0. The minimum Gasteiger partial charge on any atom is -0.482 e. The Balaban J connectivity index is 3.92. The van der Waals surface area contributed by atoms with Gasteiger partial charge in [0.1, 0.15) is 4.75 Å². The number of hydrogen-bond acceptors (Lipinski definition) is 4. The molecule has 0 aromatic carbocycles. The second-order valence-electron chi connectivity index (χ2n) is 2.18. The summed E-state index contributed by atoms with van der Waals surface area (Å²) in [6.07, 6.45) is 0. The molecule has 0 aromatic heterocycles. The Morgan fingerprint density at radius 3 is 2.50 bits per heavy atom. The third-order valence-electron chi connectivity index (χ3n) is 0.774. The molecule has 0 aromatic rings. The van der Waals surface area contributed by atoms with Crippen LogP contribution in [0.5, 0.6) is 0 Å². The summed E-state index contributed by atoms with van der Waals surface area (Å²) in [5, 5.41) is 8.55. The summed E-state index contributed by atoms with van der Waals surface area (Å²) in [5.74, 6) is 0. The fourth-order valence-corrected chi connectivity index (χ4v) is 1.44. The Bertz CT molecular complexity index is 171. The Labute approximate surface area is 70.6 Å². The number of thiocarbonyl (C=S) groups is 1. The highest BCUT2D eigenvalue weighted by Crippen LogP contribution is 2.24. The van der Waals surface area contributed by atoms with E-state index in [-0.39, 0.29) is 0 Å². The van der Waals surface area contributed by atoms with Gasteiger partial charge in [-0.1, -0.05) is 11.8 Å². The highest BCUT2D eigenvalue weighted by molar-refractivity contribution is 8.23. The van der Waals surface area contributed by atoms with Crippen molar-refractivity contribution in [1.29, 1.82) is 5.26 Å². The van der Waals surface area contributed by atoms with Crippen LogP contribution in [0, 0.1) is 11.3 Å². The summed E-state index contributed by atoms with van der Waals surface area (Å²) in [7, 11) is 1.50. The lowest BCUT2D eigenvalue weighted by molar-refractivity contribution is 0.426. The molecule has 0 aliphatic heterocycles. The monoisotopic (exact) mass is 175 g/mol. The van der Waals surface area contributed by atoms with Crippen molar-refractivity contribution in [2.75, 3.05) is 7.11 Å². The van der Waals surface area contributed by atoms with E-state index in [4.69, 9.17) is 22.2 Å². The SMILES string of the molecule is COC(=S)SC(C)(C)C#N. The van der Waals surface area contributed by atoms with Crippen molar-refractivity contribution in [2.24, 2.45) is 0 Å². The van der Waals surface area contributed by atoms with Crippen LogP contribution in [0.25, 0.3) is 0 Å². The van der Waals surface area contributed by atoms with Crippen molar-refractivity contribution in [3.05, 3.63) is 0 Å². The first-order valence-electron chi connectivity index (χ1n) is 2.70. The van der Waals surface area contributed by atoms with Gasteiger partial charge in [-0.3, -0.25) is 0 Å². The Kier molecular flexibility index (Phi) is 3.69. The zero-order valence-electron chi connectivity index (χ0n) is 6.17. The number of nitrogens with zero attached hydrogens (tertiary/aromatic N) is 1. The molecule has 0 rings (SSSR count). The van der Waals surface area contributed by atoms with Gasteiger partial charge in [-0.15, -0.1) is 0 Å². The van der Waals surface area contributed by atoms with Crippen molar-refractivity contribution in [3.8, 4) is 6.07 Å². The maximum absolute atomic E-state index is 8.55. The first-order chi connectivity index (χ1) is 4.52. The molecule has 0 fully saturated rings. The van der Waals surface area contributed by atoms with Crippen molar-refractivity contribution in [2.45, 2.75) is 18.6 Å². The van der Waals surface area contributed by atoms with Gasteiger partial charge in [0.2, 0.25) is 4.38 Å². The van der Waals surface area contributed by atoms with Gasteiger partial charge in [-0.2, -0.15) is 5.26 Å². The molecule has 0 saturated carbocycles. The number of methoxy groups -OCH3 is 1. The van der Waals surface area contributed by atoms with Crippen LogP contribution in [0.15, 0.2) is 0 Å². The molecule has 0 unspecified atom stereocenters. The molecular weight excluding hydrogens is 166 g/mol. The van der Waals surface area contributed by atoms with E-state index >= 15 is 0 Å². The van der Waals surface area contributed by atoms with E-state index in [0.29, 0.717) is 4.38 Å². The molecule has 0 heterocycles.